The monoisotopic (exact) mass is 807 g/mol. The number of benzene rings is 2. The minimum absolute atomic E-state index is 0.0915. The van der Waals surface area contributed by atoms with E-state index in [9.17, 15) is 24.0 Å². The van der Waals surface area contributed by atoms with E-state index in [0.717, 1.165) is 81.1 Å². The van der Waals surface area contributed by atoms with Crippen LogP contribution in [0.3, 0.4) is 0 Å². The molecular formula is C44H50ClN7O6. The molecule has 1 unspecified atom stereocenters. The SMILES string of the molecule is [C-]#[N+]c1ccc(OC2C(C)(C)C(NC(=O)c3ccc(CCCCCCN4CCN(c5ccc6c(c5)C(=O)N(C5CCC(=O)NC5=O)C6=O)CC4)nc3)C2(C)C)cc1Cl. The summed E-state index contributed by atoms with van der Waals surface area (Å²) in [5.41, 5.74) is 2.64. The van der Waals surface area contributed by atoms with Crippen molar-refractivity contribution in [2.75, 3.05) is 37.6 Å². The van der Waals surface area contributed by atoms with Crippen molar-refractivity contribution in [3.05, 3.63) is 93.6 Å². The maximum absolute atomic E-state index is 13.3. The van der Waals surface area contributed by atoms with Gasteiger partial charge in [0.1, 0.15) is 17.9 Å². The Morgan fingerprint density at radius 1 is 0.931 bits per heavy atom. The molecule has 0 bridgehead atoms. The first kappa shape index (κ1) is 40.9. The number of aryl methyl sites for hydroxylation is 1. The van der Waals surface area contributed by atoms with E-state index in [2.05, 4.69) is 58.0 Å². The van der Waals surface area contributed by atoms with Gasteiger partial charge in [-0.3, -0.25) is 44.1 Å². The largest absolute Gasteiger partial charge is 0.489 e. The fraction of sp³-hybridized carbons (Fsp3) is 0.477. The molecule has 3 aromatic rings. The Morgan fingerprint density at radius 2 is 1.66 bits per heavy atom. The molecule has 3 aliphatic heterocycles. The number of hydrogen-bond acceptors (Lipinski definition) is 9. The van der Waals surface area contributed by atoms with E-state index < -0.39 is 29.7 Å². The van der Waals surface area contributed by atoms with E-state index in [4.69, 9.17) is 22.9 Å². The van der Waals surface area contributed by atoms with Gasteiger partial charge in [0.15, 0.2) is 0 Å². The summed E-state index contributed by atoms with van der Waals surface area (Å²) in [6.07, 6.45) is 6.88. The van der Waals surface area contributed by atoms with Gasteiger partial charge in [-0.1, -0.05) is 58.2 Å². The van der Waals surface area contributed by atoms with Crippen LogP contribution in [0.2, 0.25) is 5.02 Å². The van der Waals surface area contributed by atoms with Gasteiger partial charge in [-0.2, -0.15) is 0 Å². The zero-order valence-electron chi connectivity index (χ0n) is 33.5. The molecule has 7 rings (SSSR count). The number of pyridine rings is 1. The standard InChI is InChI=1S/C44H50ClN7O6/c1-43(2)41(44(3,4)42(43)58-30-14-16-34(46-5)33(45)25-30)49-37(54)27-11-12-28(47-26-27)10-8-6-7-9-19-50-20-22-51(23-21-50)29-13-15-31-32(24-29)40(57)52(39(31)56)35-17-18-36(53)48-38(35)55/h11-16,24-26,35,41-42H,6-10,17-23H2,1-4H3,(H,49,54)(H,48,53,55). The zero-order valence-corrected chi connectivity index (χ0v) is 34.2. The number of rotatable bonds is 13. The van der Waals surface area contributed by atoms with Crippen molar-refractivity contribution in [1.29, 1.82) is 0 Å². The third kappa shape index (κ3) is 8.05. The van der Waals surface area contributed by atoms with Crippen molar-refractivity contribution < 1.29 is 28.7 Å². The lowest BCUT2D eigenvalue weighted by Crippen LogP contribution is -2.74. The third-order valence-electron chi connectivity index (χ3n) is 12.3. The highest BCUT2D eigenvalue weighted by Crippen LogP contribution is 2.55. The van der Waals surface area contributed by atoms with Gasteiger partial charge in [0, 0.05) is 67.0 Å². The predicted molar refractivity (Wildman–Crippen MR) is 219 cm³/mol. The first-order valence-corrected chi connectivity index (χ1v) is 20.5. The molecule has 3 fully saturated rings. The van der Waals surface area contributed by atoms with Crippen LogP contribution in [0.1, 0.15) is 103 Å². The number of nitrogens with one attached hydrogen (secondary N) is 2. The van der Waals surface area contributed by atoms with Gasteiger partial charge in [0.25, 0.3) is 17.7 Å². The summed E-state index contributed by atoms with van der Waals surface area (Å²) in [6.45, 7) is 20.0. The number of anilines is 1. The molecular weight excluding hydrogens is 758 g/mol. The molecule has 2 aromatic carbocycles. The second-order valence-electron chi connectivity index (χ2n) is 17.0. The van der Waals surface area contributed by atoms with Crippen molar-refractivity contribution in [3.8, 4) is 5.75 Å². The van der Waals surface area contributed by atoms with Crippen LogP contribution < -0.4 is 20.3 Å². The van der Waals surface area contributed by atoms with Gasteiger partial charge in [-0.15, -0.1) is 0 Å². The van der Waals surface area contributed by atoms with Crippen LogP contribution in [0, 0.1) is 17.4 Å². The number of aromatic nitrogens is 1. The molecule has 304 valence electrons. The second kappa shape index (κ2) is 16.5. The zero-order chi connectivity index (χ0) is 41.4. The summed E-state index contributed by atoms with van der Waals surface area (Å²) >= 11 is 6.24. The summed E-state index contributed by atoms with van der Waals surface area (Å²) in [5, 5.41) is 5.82. The van der Waals surface area contributed by atoms with E-state index in [1.54, 1.807) is 36.5 Å². The van der Waals surface area contributed by atoms with Crippen molar-refractivity contribution >= 4 is 52.5 Å². The van der Waals surface area contributed by atoms with Gasteiger partial charge in [-0.25, -0.2) is 4.85 Å². The van der Waals surface area contributed by atoms with Crippen molar-refractivity contribution in [2.24, 2.45) is 10.8 Å². The molecule has 58 heavy (non-hydrogen) atoms. The first-order valence-electron chi connectivity index (χ1n) is 20.1. The van der Waals surface area contributed by atoms with Crippen LogP contribution in [0.15, 0.2) is 54.7 Å². The Hall–Kier alpha value is -5.32. The number of amides is 5. The third-order valence-corrected chi connectivity index (χ3v) is 12.6. The molecule has 13 nitrogen and oxygen atoms in total. The molecule has 4 heterocycles. The lowest BCUT2D eigenvalue weighted by Gasteiger charge is -2.63. The van der Waals surface area contributed by atoms with Crippen LogP contribution in [0.4, 0.5) is 11.4 Å². The summed E-state index contributed by atoms with van der Waals surface area (Å²) in [6, 6.07) is 13.1. The number of ether oxygens (including phenoxy) is 1. The summed E-state index contributed by atoms with van der Waals surface area (Å²) in [5.74, 6) is -1.54. The topological polar surface area (TPSA) is 146 Å². The van der Waals surface area contributed by atoms with Gasteiger partial charge >= 0.3 is 0 Å². The Labute approximate surface area is 344 Å². The normalized spacial score (nSPS) is 22.5. The number of hydrogen-bond donors (Lipinski definition) is 2. The minimum Gasteiger partial charge on any atom is -0.489 e. The Bertz CT molecular complexity index is 2140. The Balaban J connectivity index is 0.800. The molecule has 5 amide bonds. The van der Waals surface area contributed by atoms with E-state index in [1.807, 2.05) is 18.2 Å². The molecule has 1 saturated carbocycles. The lowest BCUT2D eigenvalue weighted by atomic mass is 9.49. The van der Waals surface area contributed by atoms with Crippen molar-refractivity contribution in [1.82, 2.24) is 25.4 Å². The lowest BCUT2D eigenvalue weighted by molar-refractivity contribution is -0.164. The van der Waals surface area contributed by atoms with Gasteiger partial charge in [0.05, 0.1) is 28.3 Å². The van der Waals surface area contributed by atoms with Crippen LogP contribution in [0.25, 0.3) is 4.85 Å². The van der Waals surface area contributed by atoms with E-state index >= 15 is 0 Å². The summed E-state index contributed by atoms with van der Waals surface area (Å²) in [7, 11) is 0. The number of piperidine rings is 1. The van der Waals surface area contributed by atoms with Crippen LogP contribution in [-0.4, -0.2) is 95.2 Å². The predicted octanol–water partition coefficient (Wildman–Crippen LogP) is 6.22. The average molecular weight is 808 g/mol. The molecule has 1 aliphatic carbocycles. The number of halogens is 1. The summed E-state index contributed by atoms with van der Waals surface area (Å²) in [4.78, 5) is 77.3. The molecule has 1 atom stereocenters. The van der Waals surface area contributed by atoms with Gasteiger partial charge in [-0.05, 0) is 74.7 Å². The van der Waals surface area contributed by atoms with E-state index in [0.29, 0.717) is 33.1 Å². The second-order valence-corrected chi connectivity index (χ2v) is 17.4. The first-order chi connectivity index (χ1) is 27.7. The quantitative estimate of drug-likeness (QED) is 0.117. The number of nitrogens with zero attached hydrogens (tertiary/aromatic N) is 5. The average Bonchev–Trinajstić information content (AvgIpc) is 3.45. The van der Waals surface area contributed by atoms with Crippen LogP contribution in [0.5, 0.6) is 5.75 Å². The molecule has 0 spiro atoms. The maximum atomic E-state index is 13.3. The fourth-order valence-electron chi connectivity index (χ4n) is 9.39. The van der Waals surface area contributed by atoms with Crippen molar-refractivity contribution in [2.45, 2.75) is 90.8 Å². The number of carbonyl (C=O) groups is 5. The van der Waals surface area contributed by atoms with Gasteiger partial charge < -0.3 is 15.0 Å². The van der Waals surface area contributed by atoms with Crippen LogP contribution in [-0.2, 0) is 16.0 Å². The maximum Gasteiger partial charge on any atom is 0.262 e. The smallest absolute Gasteiger partial charge is 0.262 e. The van der Waals surface area contributed by atoms with Crippen LogP contribution >= 0.6 is 11.6 Å². The number of unbranched alkanes of at least 4 members (excludes halogenated alkanes) is 3. The number of imide groups is 2. The van der Waals surface area contributed by atoms with Crippen molar-refractivity contribution in [3.63, 3.8) is 0 Å². The molecule has 2 saturated heterocycles. The molecule has 14 heteroatoms. The summed E-state index contributed by atoms with van der Waals surface area (Å²) < 4.78 is 6.36. The molecule has 1 aromatic heterocycles. The number of fused-ring (bicyclic) bond motifs is 1. The molecule has 4 aliphatic rings. The Kier molecular flexibility index (Phi) is 11.6. The van der Waals surface area contributed by atoms with Gasteiger partial charge in [0.2, 0.25) is 17.5 Å². The van der Waals surface area contributed by atoms with E-state index in [1.165, 1.54) is 0 Å². The molecule has 2 N–H and O–H groups in total. The number of carbonyl (C=O) groups excluding carboxylic acids is 5. The minimum atomic E-state index is -0.971. The highest BCUT2D eigenvalue weighted by molar-refractivity contribution is 6.33. The highest BCUT2D eigenvalue weighted by Gasteiger charge is 2.64. The fourth-order valence-corrected chi connectivity index (χ4v) is 9.60. The highest BCUT2D eigenvalue weighted by atomic mass is 35.5. The van der Waals surface area contributed by atoms with E-state index in [-0.39, 0.29) is 41.7 Å². The Morgan fingerprint density at radius 3 is 2.33 bits per heavy atom. The molecule has 0 radical (unpaired) electrons. The number of piperazine rings is 1.